The fourth-order valence-corrected chi connectivity index (χ4v) is 2.70. The maximum absolute atomic E-state index is 12.8. The molecule has 5 heteroatoms. The summed E-state index contributed by atoms with van der Waals surface area (Å²) in [5, 5.41) is 2.79. The number of anilines is 1. The average Bonchev–Trinajstić information content (AvgIpc) is 2.74. The van der Waals surface area contributed by atoms with Crippen molar-refractivity contribution < 1.29 is 19.1 Å². The van der Waals surface area contributed by atoms with E-state index in [1.54, 1.807) is 86.8 Å². The third-order valence-electron chi connectivity index (χ3n) is 4.19. The second-order valence-corrected chi connectivity index (χ2v) is 6.17. The number of hydrogen-bond acceptors (Lipinski definition) is 4. The van der Waals surface area contributed by atoms with Crippen molar-refractivity contribution in [3.63, 3.8) is 0 Å². The fourth-order valence-electron chi connectivity index (χ4n) is 2.70. The van der Waals surface area contributed by atoms with Crippen molar-refractivity contribution in [1.82, 2.24) is 0 Å². The van der Waals surface area contributed by atoms with E-state index in [4.69, 9.17) is 9.47 Å². The van der Waals surface area contributed by atoms with E-state index in [1.165, 1.54) is 0 Å². The van der Waals surface area contributed by atoms with Gasteiger partial charge in [-0.25, -0.2) is 0 Å². The first-order valence-corrected chi connectivity index (χ1v) is 8.89. The van der Waals surface area contributed by atoms with Crippen molar-refractivity contribution in [1.29, 1.82) is 0 Å². The number of para-hydroxylation sites is 1. The van der Waals surface area contributed by atoms with E-state index in [0.29, 0.717) is 28.3 Å². The first-order valence-electron chi connectivity index (χ1n) is 8.89. The van der Waals surface area contributed by atoms with Gasteiger partial charge in [-0.3, -0.25) is 9.59 Å². The Morgan fingerprint density at radius 2 is 1.54 bits per heavy atom. The van der Waals surface area contributed by atoms with Crippen LogP contribution in [0.3, 0.4) is 0 Å². The Bertz CT molecular complexity index is 969. The summed E-state index contributed by atoms with van der Waals surface area (Å²) < 4.78 is 10.9. The van der Waals surface area contributed by atoms with Crippen LogP contribution in [0.4, 0.5) is 5.69 Å². The molecule has 1 amide bonds. The Labute approximate surface area is 163 Å². The number of ether oxygens (including phenoxy) is 2. The van der Waals surface area contributed by atoms with Gasteiger partial charge < -0.3 is 14.8 Å². The van der Waals surface area contributed by atoms with Gasteiger partial charge in [0.1, 0.15) is 11.5 Å². The van der Waals surface area contributed by atoms with Crippen LogP contribution in [0.15, 0.2) is 78.9 Å². The first-order chi connectivity index (χ1) is 13.6. The van der Waals surface area contributed by atoms with E-state index < -0.39 is 6.10 Å². The molecule has 0 fully saturated rings. The van der Waals surface area contributed by atoms with E-state index in [9.17, 15) is 9.59 Å². The molecule has 3 aromatic rings. The minimum absolute atomic E-state index is 0.155. The molecule has 5 nitrogen and oxygen atoms in total. The number of amides is 1. The topological polar surface area (TPSA) is 64.6 Å². The zero-order valence-corrected chi connectivity index (χ0v) is 15.7. The molecule has 0 aliphatic heterocycles. The summed E-state index contributed by atoms with van der Waals surface area (Å²) in [5.74, 6) is 0.661. The van der Waals surface area contributed by atoms with Gasteiger partial charge in [-0.15, -0.1) is 0 Å². The average molecular weight is 375 g/mol. The van der Waals surface area contributed by atoms with Crippen LogP contribution in [0.1, 0.15) is 22.8 Å². The first kappa shape index (κ1) is 19.2. The zero-order chi connectivity index (χ0) is 19.9. The summed E-state index contributed by atoms with van der Waals surface area (Å²) in [5.41, 5.74) is 1.43. The fraction of sp³-hybridized carbons (Fsp3) is 0.130. The lowest BCUT2D eigenvalue weighted by Gasteiger charge is -2.16. The van der Waals surface area contributed by atoms with E-state index in [-0.39, 0.29) is 11.7 Å². The Kier molecular flexibility index (Phi) is 6.07. The molecular weight excluding hydrogens is 354 g/mol. The summed E-state index contributed by atoms with van der Waals surface area (Å²) in [7, 11) is 1.57. The van der Waals surface area contributed by atoms with Gasteiger partial charge in [0.15, 0.2) is 11.9 Å². The second-order valence-electron chi connectivity index (χ2n) is 6.17. The van der Waals surface area contributed by atoms with E-state index in [0.717, 1.165) is 0 Å². The van der Waals surface area contributed by atoms with Gasteiger partial charge in [-0.05, 0) is 31.2 Å². The number of nitrogens with one attached hydrogen (secondary N) is 1. The van der Waals surface area contributed by atoms with Crippen molar-refractivity contribution in [2.24, 2.45) is 0 Å². The monoisotopic (exact) mass is 375 g/mol. The molecule has 0 aromatic heterocycles. The number of carbonyl (C=O) groups is 2. The molecule has 0 saturated carbocycles. The van der Waals surface area contributed by atoms with E-state index in [2.05, 4.69) is 5.32 Å². The van der Waals surface area contributed by atoms with E-state index >= 15 is 0 Å². The van der Waals surface area contributed by atoms with Gasteiger partial charge in [0.25, 0.3) is 5.91 Å². The lowest BCUT2D eigenvalue weighted by Crippen LogP contribution is -2.30. The molecule has 0 aliphatic rings. The maximum atomic E-state index is 12.8. The van der Waals surface area contributed by atoms with Crippen LogP contribution in [0, 0.1) is 0 Å². The SMILES string of the molecule is COc1cccc(O[C@@H](C)C(=O)Nc2ccccc2C(=O)c2ccccc2)c1. The molecule has 0 unspecified atom stereocenters. The molecule has 3 rings (SSSR count). The highest BCUT2D eigenvalue weighted by Gasteiger charge is 2.19. The molecule has 0 saturated heterocycles. The third-order valence-corrected chi connectivity index (χ3v) is 4.19. The molecule has 0 radical (unpaired) electrons. The lowest BCUT2D eigenvalue weighted by atomic mass is 10.0. The highest BCUT2D eigenvalue weighted by atomic mass is 16.5. The summed E-state index contributed by atoms with van der Waals surface area (Å²) >= 11 is 0. The zero-order valence-electron chi connectivity index (χ0n) is 15.7. The van der Waals surface area contributed by atoms with Crippen LogP contribution in [-0.2, 0) is 4.79 Å². The Hall–Kier alpha value is -3.60. The quantitative estimate of drug-likeness (QED) is 0.624. The number of carbonyl (C=O) groups excluding carboxylic acids is 2. The largest absolute Gasteiger partial charge is 0.497 e. The van der Waals surface area contributed by atoms with Gasteiger partial charge in [-0.2, -0.15) is 0 Å². The molecule has 1 N–H and O–H groups in total. The summed E-state index contributed by atoms with van der Waals surface area (Å²) in [4.78, 5) is 25.4. The van der Waals surface area contributed by atoms with Crippen LogP contribution >= 0.6 is 0 Å². The van der Waals surface area contributed by atoms with E-state index in [1.807, 2.05) is 6.07 Å². The van der Waals surface area contributed by atoms with Crippen molar-refractivity contribution >= 4 is 17.4 Å². The van der Waals surface area contributed by atoms with Crippen LogP contribution in [0.2, 0.25) is 0 Å². The lowest BCUT2D eigenvalue weighted by molar-refractivity contribution is -0.122. The van der Waals surface area contributed by atoms with Gasteiger partial charge in [-0.1, -0.05) is 48.5 Å². The van der Waals surface area contributed by atoms with Gasteiger partial charge in [0.05, 0.1) is 12.8 Å². The van der Waals surface area contributed by atoms with Crippen molar-refractivity contribution in [3.05, 3.63) is 90.0 Å². The minimum Gasteiger partial charge on any atom is -0.497 e. The number of rotatable bonds is 7. The number of benzene rings is 3. The molecule has 1 atom stereocenters. The number of hydrogen-bond donors (Lipinski definition) is 1. The van der Waals surface area contributed by atoms with Crippen molar-refractivity contribution in [3.8, 4) is 11.5 Å². The molecule has 0 bridgehead atoms. The molecular formula is C23H21NO4. The maximum Gasteiger partial charge on any atom is 0.265 e. The minimum atomic E-state index is -0.757. The number of ketones is 1. The highest BCUT2D eigenvalue weighted by Crippen LogP contribution is 2.22. The summed E-state index contributed by atoms with van der Waals surface area (Å²) in [6, 6.07) is 22.9. The van der Waals surface area contributed by atoms with Gasteiger partial charge >= 0.3 is 0 Å². The molecule has 28 heavy (non-hydrogen) atoms. The van der Waals surface area contributed by atoms with Crippen LogP contribution in [0.25, 0.3) is 0 Å². The molecule has 3 aromatic carbocycles. The smallest absolute Gasteiger partial charge is 0.265 e. The normalized spacial score (nSPS) is 11.4. The summed E-state index contributed by atoms with van der Waals surface area (Å²) in [6.07, 6.45) is -0.757. The Morgan fingerprint density at radius 1 is 0.857 bits per heavy atom. The Morgan fingerprint density at radius 3 is 2.29 bits per heavy atom. The predicted octanol–water partition coefficient (Wildman–Crippen LogP) is 4.33. The van der Waals surface area contributed by atoms with Gasteiger partial charge in [0, 0.05) is 17.2 Å². The summed E-state index contributed by atoms with van der Waals surface area (Å²) in [6.45, 7) is 1.65. The Balaban J connectivity index is 1.74. The molecule has 0 spiro atoms. The molecule has 0 heterocycles. The van der Waals surface area contributed by atoms with Crippen LogP contribution in [-0.4, -0.2) is 24.9 Å². The second kappa shape index (κ2) is 8.86. The molecule has 0 aliphatic carbocycles. The van der Waals surface area contributed by atoms with Crippen molar-refractivity contribution in [2.75, 3.05) is 12.4 Å². The van der Waals surface area contributed by atoms with Gasteiger partial charge in [0.2, 0.25) is 0 Å². The predicted molar refractivity (Wildman–Crippen MR) is 108 cm³/mol. The highest BCUT2D eigenvalue weighted by molar-refractivity contribution is 6.14. The van der Waals surface area contributed by atoms with Crippen LogP contribution in [0.5, 0.6) is 11.5 Å². The standard InChI is InChI=1S/C23H21NO4/c1-16(28-19-12-8-11-18(15-19)27-2)23(26)24-21-14-7-6-13-20(21)22(25)17-9-4-3-5-10-17/h3-16H,1-2H3,(H,24,26)/t16-/m0/s1. The van der Waals surface area contributed by atoms with Crippen LogP contribution < -0.4 is 14.8 Å². The third kappa shape index (κ3) is 4.57. The van der Waals surface area contributed by atoms with Crippen molar-refractivity contribution in [2.45, 2.75) is 13.0 Å². The molecule has 142 valence electrons. The number of methoxy groups -OCH3 is 1.